The number of likely N-dealkylation sites (tertiary alicyclic amines) is 1. The number of nitrogens with one attached hydrogen (secondary N) is 1. The van der Waals surface area contributed by atoms with Gasteiger partial charge in [0.15, 0.2) is 0 Å². The number of carbonyl (C=O) groups excluding carboxylic acids is 1. The molecule has 0 aliphatic carbocycles. The van der Waals surface area contributed by atoms with Crippen molar-refractivity contribution in [3.8, 4) is 16.9 Å². The molecular weight excluding hydrogens is 411 g/mol. The van der Waals surface area contributed by atoms with Gasteiger partial charge in [0, 0.05) is 63.3 Å². The average molecular weight is 439 g/mol. The number of ether oxygens (including phenoxy) is 1. The second-order valence-electron chi connectivity index (χ2n) is 7.17. The smallest absolute Gasteiger partial charge is 0.255 e. The molecular formula is C21H28Cl2N4O2. The lowest BCUT2D eigenvalue weighted by Crippen LogP contribution is -2.49. The van der Waals surface area contributed by atoms with Gasteiger partial charge < -0.3 is 15.0 Å². The van der Waals surface area contributed by atoms with Crippen molar-refractivity contribution in [2.45, 2.75) is 12.5 Å². The molecule has 1 aromatic heterocycles. The third-order valence-electron chi connectivity index (χ3n) is 5.53. The summed E-state index contributed by atoms with van der Waals surface area (Å²) >= 11 is 0. The van der Waals surface area contributed by atoms with Crippen molar-refractivity contribution in [1.82, 2.24) is 20.1 Å². The van der Waals surface area contributed by atoms with E-state index >= 15 is 0 Å². The standard InChI is InChI=1S/C21H26N4O2.2ClH/c1-27-20-4-2-16(3-5-20)17-12-18(14-23-13-17)21(26)25-9-6-19(15-25)24-10-7-22-8-11-24;;/h2-5,12-14,19,22H,6-11,15H2,1H3;2*1H. The lowest BCUT2D eigenvalue weighted by molar-refractivity contribution is 0.0773. The number of amides is 1. The van der Waals surface area contributed by atoms with Gasteiger partial charge >= 0.3 is 0 Å². The fourth-order valence-corrected chi connectivity index (χ4v) is 3.95. The Morgan fingerprint density at radius 3 is 2.48 bits per heavy atom. The number of nitrogens with zero attached hydrogens (tertiary/aromatic N) is 3. The lowest BCUT2D eigenvalue weighted by atomic mass is 10.1. The van der Waals surface area contributed by atoms with Crippen LogP contribution in [0.4, 0.5) is 0 Å². The molecule has 1 atom stereocenters. The van der Waals surface area contributed by atoms with E-state index < -0.39 is 0 Å². The number of halogens is 2. The Labute approximate surface area is 184 Å². The van der Waals surface area contributed by atoms with E-state index in [1.165, 1.54) is 0 Å². The number of aromatic nitrogens is 1. The van der Waals surface area contributed by atoms with Gasteiger partial charge in [-0.2, -0.15) is 0 Å². The van der Waals surface area contributed by atoms with Crippen LogP contribution >= 0.6 is 24.8 Å². The monoisotopic (exact) mass is 438 g/mol. The van der Waals surface area contributed by atoms with E-state index in [4.69, 9.17) is 4.74 Å². The first kappa shape index (κ1) is 23.4. The quantitative estimate of drug-likeness (QED) is 0.794. The Hall–Kier alpha value is -1.86. The van der Waals surface area contributed by atoms with Crippen LogP contribution in [0.15, 0.2) is 42.7 Å². The van der Waals surface area contributed by atoms with Gasteiger partial charge in [-0.05, 0) is 30.2 Å². The number of benzene rings is 1. The molecule has 6 nitrogen and oxygen atoms in total. The minimum absolute atomic E-state index is 0. The molecule has 29 heavy (non-hydrogen) atoms. The molecule has 1 aromatic carbocycles. The van der Waals surface area contributed by atoms with Crippen molar-refractivity contribution < 1.29 is 9.53 Å². The fourth-order valence-electron chi connectivity index (χ4n) is 3.95. The molecule has 2 fully saturated rings. The number of piperazine rings is 1. The molecule has 1 amide bonds. The summed E-state index contributed by atoms with van der Waals surface area (Å²) in [6.45, 7) is 5.85. The molecule has 2 aliphatic rings. The summed E-state index contributed by atoms with van der Waals surface area (Å²) in [5.41, 5.74) is 2.63. The predicted octanol–water partition coefficient (Wildman–Crippen LogP) is 2.72. The number of pyridine rings is 1. The van der Waals surface area contributed by atoms with Crippen LogP contribution in [0.3, 0.4) is 0 Å². The molecule has 0 radical (unpaired) electrons. The summed E-state index contributed by atoms with van der Waals surface area (Å²) in [6, 6.07) is 10.2. The minimum Gasteiger partial charge on any atom is -0.497 e. The molecule has 1 unspecified atom stereocenters. The highest BCUT2D eigenvalue weighted by atomic mass is 35.5. The molecule has 0 bridgehead atoms. The predicted molar refractivity (Wildman–Crippen MR) is 119 cm³/mol. The molecule has 2 saturated heterocycles. The third kappa shape index (κ3) is 5.39. The molecule has 2 aliphatic heterocycles. The maximum atomic E-state index is 13.0. The maximum Gasteiger partial charge on any atom is 0.255 e. The first-order valence-corrected chi connectivity index (χ1v) is 9.58. The van der Waals surface area contributed by atoms with Gasteiger partial charge in [-0.3, -0.25) is 14.7 Å². The summed E-state index contributed by atoms with van der Waals surface area (Å²) in [5, 5.41) is 3.39. The first-order valence-electron chi connectivity index (χ1n) is 9.58. The summed E-state index contributed by atoms with van der Waals surface area (Å²) in [6.07, 6.45) is 4.52. The van der Waals surface area contributed by atoms with Gasteiger partial charge in [0.1, 0.15) is 5.75 Å². The van der Waals surface area contributed by atoms with E-state index in [1.54, 1.807) is 19.5 Å². The van der Waals surface area contributed by atoms with Crippen molar-refractivity contribution in [2.24, 2.45) is 0 Å². The van der Waals surface area contributed by atoms with Crippen molar-refractivity contribution in [3.05, 3.63) is 48.3 Å². The molecule has 4 rings (SSSR count). The van der Waals surface area contributed by atoms with Gasteiger partial charge in [-0.15, -0.1) is 24.8 Å². The van der Waals surface area contributed by atoms with Crippen molar-refractivity contribution in [3.63, 3.8) is 0 Å². The van der Waals surface area contributed by atoms with E-state index in [-0.39, 0.29) is 30.7 Å². The number of hydrogen-bond donors (Lipinski definition) is 1. The van der Waals surface area contributed by atoms with Crippen LogP contribution in [0.2, 0.25) is 0 Å². The van der Waals surface area contributed by atoms with Gasteiger partial charge in [-0.25, -0.2) is 0 Å². The molecule has 3 heterocycles. The van der Waals surface area contributed by atoms with E-state index in [1.807, 2.05) is 35.2 Å². The van der Waals surface area contributed by atoms with Crippen LogP contribution in [0, 0.1) is 0 Å². The highest BCUT2D eigenvalue weighted by molar-refractivity contribution is 5.95. The van der Waals surface area contributed by atoms with Gasteiger partial charge in [0.25, 0.3) is 5.91 Å². The Morgan fingerprint density at radius 1 is 1.07 bits per heavy atom. The Balaban J connectivity index is 0.00000150. The molecule has 1 N–H and O–H groups in total. The van der Waals surface area contributed by atoms with Crippen molar-refractivity contribution in [1.29, 1.82) is 0 Å². The molecule has 0 saturated carbocycles. The summed E-state index contributed by atoms with van der Waals surface area (Å²) in [5.74, 6) is 0.894. The van der Waals surface area contributed by atoms with Crippen molar-refractivity contribution in [2.75, 3.05) is 46.4 Å². The van der Waals surface area contributed by atoms with E-state index in [0.717, 1.165) is 62.6 Å². The van der Waals surface area contributed by atoms with Gasteiger partial charge in [0.05, 0.1) is 12.7 Å². The Kier molecular flexibility index (Phi) is 8.71. The van der Waals surface area contributed by atoms with Gasteiger partial charge in [0.2, 0.25) is 0 Å². The normalized spacial score (nSPS) is 19.2. The van der Waals surface area contributed by atoms with Crippen LogP contribution in [0.5, 0.6) is 5.75 Å². The molecule has 0 spiro atoms. The van der Waals surface area contributed by atoms with E-state index in [9.17, 15) is 4.79 Å². The van der Waals surface area contributed by atoms with Crippen molar-refractivity contribution >= 4 is 30.7 Å². The van der Waals surface area contributed by atoms with Crippen LogP contribution in [0.1, 0.15) is 16.8 Å². The van der Waals surface area contributed by atoms with E-state index in [2.05, 4.69) is 15.2 Å². The number of carbonyl (C=O) groups is 1. The maximum absolute atomic E-state index is 13.0. The summed E-state index contributed by atoms with van der Waals surface area (Å²) in [4.78, 5) is 21.8. The average Bonchev–Trinajstić information content (AvgIpc) is 3.24. The lowest BCUT2D eigenvalue weighted by Gasteiger charge is -2.32. The number of rotatable bonds is 4. The summed E-state index contributed by atoms with van der Waals surface area (Å²) < 4.78 is 5.21. The zero-order valence-electron chi connectivity index (χ0n) is 16.5. The first-order chi connectivity index (χ1) is 13.2. The zero-order valence-corrected chi connectivity index (χ0v) is 18.2. The third-order valence-corrected chi connectivity index (χ3v) is 5.53. The topological polar surface area (TPSA) is 57.7 Å². The van der Waals surface area contributed by atoms with E-state index in [0.29, 0.717) is 11.6 Å². The Morgan fingerprint density at radius 2 is 1.79 bits per heavy atom. The highest BCUT2D eigenvalue weighted by Crippen LogP contribution is 2.24. The second kappa shape index (κ2) is 10.8. The van der Waals surface area contributed by atoms with Crippen LogP contribution in [-0.4, -0.2) is 73.1 Å². The SMILES string of the molecule is COc1ccc(-c2cncc(C(=O)N3CCC(N4CCNCC4)C3)c2)cc1.Cl.Cl. The van der Waals surface area contributed by atoms with Gasteiger partial charge in [-0.1, -0.05) is 12.1 Å². The van der Waals surface area contributed by atoms with Crippen LogP contribution in [0.25, 0.3) is 11.1 Å². The largest absolute Gasteiger partial charge is 0.497 e. The minimum atomic E-state index is 0. The van der Waals surface area contributed by atoms with Crippen LogP contribution < -0.4 is 10.1 Å². The molecule has 158 valence electrons. The highest BCUT2D eigenvalue weighted by Gasteiger charge is 2.31. The molecule has 8 heteroatoms. The molecule has 2 aromatic rings. The Bertz CT molecular complexity index is 798. The van der Waals surface area contributed by atoms with Crippen LogP contribution in [-0.2, 0) is 0 Å². The zero-order chi connectivity index (χ0) is 18.6. The number of hydrogen-bond acceptors (Lipinski definition) is 5. The number of methoxy groups -OCH3 is 1. The summed E-state index contributed by atoms with van der Waals surface area (Å²) in [7, 11) is 1.65. The fraction of sp³-hybridized carbons (Fsp3) is 0.429. The second-order valence-corrected chi connectivity index (χ2v) is 7.17.